The van der Waals surface area contributed by atoms with Gasteiger partial charge in [0.05, 0.1) is 0 Å². The summed E-state index contributed by atoms with van der Waals surface area (Å²) in [6.07, 6.45) is 9.74. The van der Waals surface area contributed by atoms with Gasteiger partial charge >= 0.3 is 0 Å². The average Bonchev–Trinajstić information content (AvgIpc) is 2.47. The van der Waals surface area contributed by atoms with Gasteiger partial charge in [-0.3, -0.25) is 9.59 Å². The fourth-order valence-electron chi connectivity index (χ4n) is 3.08. The van der Waals surface area contributed by atoms with Gasteiger partial charge in [0.1, 0.15) is 0 Å². The fourth-order valence-corrected chi connectivity index (χ4v) is 4.35. The Bertz CT molecular complexity index is 313. The van der Waals surface area contributed by atoms with E-state index in [2.05, 4.69) is 0 Å². The lowest BCUT2D eigenvalue weighted by atomic mass is 9.90. The lowest BCUT2D eigenvalue weighted by Crippen LogP contribution is -2.31. The highest BCUT2D eigenvalue weighted by molar-refractivity contribution is 8.13. The second kappa shape index (κ2) is 8.15. The maximum absolute atomic E-state index is 12.1. The third kappa shape index (κ3) is 4.38. The number of halogens is 1. The van der Waals surface area contributed by atoms with Crippen LogP contribution in [0, 0.1) is 11.8 Å². The molecule has 0 heterocycles. The monoisotopic (exact) mass is 306 g/mol. The second-order valence-corrected chi connectivity index (χ2v) is 6.92. The minimum absolute atomic E-state index is 0. The summed E-state index contributed by atoms with van der Waals surface area (Å²) in [7, 11) is -1.88. The first kappa shape index (κ1) is 16.8. The summed E-state index contributed by atoms with van der Waals surface area (Å²) in [5, 5.41) is -0.574. The van der Waals surface area contributed by atoms with Gasteiger partial charge in [0.15, 0.2) is 10.8 Å². The van der Waals surface area contributed by atoms with E-state index >= 15 is 0 Å². The molecule has 19 heavy (non-hydrogen) atoms. The molecule has 2 fully saturated rings. The molecule has 0 unspecified atom stereocenters. The van der Waals surface area contributed by atoms with Crippen LogP contribution in [-0.4, -0.2) is 14.4 Å². The largest absolute Gasteiger partial charge is 0.284 e. The van der Waals surface area contributed by atoms with Gasteiger partial charge in [-0.1, -0.05) is 38.5 Å². The van der Waals surface area contributed by atoms with E-state index in [1.165, 1.54) is 0 Å². The first-order chi connectivity index (χ1) is 8.70. The van der Waals surface area contributed by atoms with Crippen molar-refractivity contribution in [2.75, 3.05) is 0 Å². The number of hydrogen-bond acceptors (Lipinski definition) is 3. The van der Waals surface area contributed by atoms with E-state index in [4.69, 9.17) is 0 Å². The third-order valence-electron chi connectivity index (χ3n) is 4.24. The van der Waals surface area contributed by atoms with Crippen molar-refractivity contribution in [3.63, 3.8) is 0 Å². The van der Waals surface area contributed by atoms with E-state index in [1.54, 1.807) is 0 Å². The number of carbonyl (C=O) groups is 2. The van der Waals surface area contributed by atoms with Crippen LogP contribution in [0.3, 0.4) is 0 Å². The SMILES string of the molecule is Cl.O=C(C1CCCCC1)S(=O)C(=O)C1CCCCC1. The van der Waals surface area contributed by atoms with Gasteiger partial charge in [0.25, 0.3) is 0 Å². The molecule has 0 atom stereocenters. The van der Waals surface area contributed by atoms with Crippen molar-refractivity contribution < 1.29 is 13.8 Å². The van der Waals surface area contributed by atoms with E-state index in [0.717, 1.165) is 64.2 Å². The predicted octanol–water partition coefficient (Wildman–Crippen LogP) is 3.37. The van der Waals surface area contributed by atoms with Gasteiger partial charge < -0.3 is 0 Å². The number of carbonyl (C=O) groups excluding carboxylic acids is 2. The molecule has 2 aliphatic carbocycles. The van der Waals surface area contributed by atoms with Crippen molar-refractivity contribution in [1.82, 2.24) is 0 Å². The topological polar surface area (TPSA) is 51.2 Å². The molecule has 0 aromatic heterocycles. The second-order valence-electron chi connectivity index (χ2n) is 5.58. The number of rotatable bonds is 2. The summed E-state index contributed by atoms with van der Waals surface area (Å²) in [5.41, 5.74) is 0. The summed E-state index contributed by atoms with van der Waals surface area (Å²) in [6, 6.07) is 0. The van der Waals surface area contributed by atoms with Gasteiger partial charge in [-0.25, -0.2) is 4.21 Å². The molecule has 0 radical (unpaired) electrons. The summed E-state index contributed by atoms with van der Waals surface area (Å²) < 4.78 is 12.1. The van der Waals surface area contributed by atoms with Crippen LogP contribution in [-0.2, 0) is 20.4 Å². The van der Waals surface area contributed by atoms with Gasteiger partial charge in [0, 0.05) is 11.8 Å². The third-order valence-corrected chi connectivity index (χ3v) is 5.64. The Hall–Kier alpha value is -0.220. The van der Waals surface area contributed by atoms with Gasteiger partial charge in [-0.05, 0) is 25.7 Å². The molecule has 3 nitrogen and oxygen atoms in total. The highest BCUT2D eigenvalue weighted by Crippen LogP contribution is 2.29. The summed E-state index contributed by atoms with van der Waals surface area (Å²) in [4.78, 5) is 24.1. The van der Waals surface area contributed by atoms with E-state index in [9.17, 15) is 13.8 Å². The van der Waals surface area contributed by atoms with Gasteiger partial charge in [0.2, 0.25) is 10.2 Å². The zero-order valence-electron chi connectivity index (χ0n) is 11.3. The van der Waals surface area contributed by atoms with Crippen LogP contribution in [0.15, 0.2) is 0 Å². The molecule has 0 aromatic rings. The Balaban J connectivity index is 0.00000180. The average molecular weight is 307 g/mol. The smallest absolute Gasteiger partial charge is 0.229 e. The maximum Gasteiger partial charge on any atom is 0.229 e. The van der Waals surface area contributed by atoms with Crippen LogP contribution in [0.5, 0.6) is 0 Å². The molecule has 0 spiro atoms. The van der Waals surface area contributed by atoms with Crippen molar-refractivity contribution in [2.24, 2.45) is 11.8 Å². The van der Waals surface area contributed by atoms with Crippen molar-refractivity contribution in [2.45, 2.75) is 64.2 Å². The molecule has 2 saturated carbocycles. The Morgan fingerprint density at radius 1 is 0.684 bits per heavy atom. The highest BCUT2D eigenvalue weighted by Gasteiger charge is 2.33. The minimum Gasteiger partial charge on any atom is -0.284 e. The lowest BCUT2D eigenvalue weighted by Gasteiger charge is -2.22. The number of hydrogen-bond donors (Lipinski definition) is 0. The minimum atomic E-state index is -1.88. The Morgan fingerprint density at radius 3 is 1.32 bits per heavy atom. The Kier molecular flexibility index (Phi) is 7.22. The Labute approximate surface area is 123 Å². The highest BCUT2D eigenvalue weighted by atomic mass is 35.5. The maximum atomic E-state index is 12.1. The molecule has 2 rings (SSSR count). The molecular weight excluding hydrogens is 284 g/mol. The van der Waals surface area contributed by atoms with Crippen LogP contribution in [0.1, 0.15) is 64.2 Å². The van der Waals surface area contributed by atoms with Crippen LogP contribution in [0.2, 0.25) is 0 Å². The summed E-state index contributed by atoms with van der Waals surface area (Å²) in [6.45, 7) is 0. The molecule has 110 valence electrons. The van der Waals surface area contributed by atoms with Crippen molar-refractivity contribution >= 4 is 33.4 Å². The molecule has 0 aromatic carbocycles. The lowest BCUT2D eigenvalue weighted by molar-refractivity contribution is -0.118. The first-order valence-corrected chi connectivity index (χ1v) is 8.34. The Morgan fingerprint density at radius 2 is 1.00 bits per heavy atom. The molecule has 0 aliphatic heterocycles. The van der Waals surface area contributed by atoms with Crippen LogP contribution >= 0.6 is 12.4 Å². The zero-order chi connectivity index (χ0) is 13.0. The van der Waals surface area contributed by atoms with E-state index < -0.39 is 10.8 Å². The molecule has 0 saturated heterocycles. The van der Waals surface area contributed by atoms with Gasteiger partial charge in [-0.15, -0.1) is 12.4 Å². The fraction of sp³-hybridized carbons (Fsp3) is 0.857. The molecule has 2 aliphatic rings. The molecular formula is C14H23ClO3S. The van der Waals surface area contributed by atoms with E-state index in [0.29, 0.717) is 0 Å². The molecule has 5 heteroatoms. The quantitative estimate of drug-likeness (QED) is 0.786. The van der Waals surface area contributed by atoms with Crippen LogP contribution in [0.4, 0.5) is 0 Å². The normalized spacial score (nSPS) is 21.9. The van der Waals surface area contributed by atoms with Crippen LogP contribution in [0.25, 0.3) is 0 Å². The van der Waals surface area contributed by atoms with E-state index in [-0.39, 0.29) is 34.5 Å². The molecule has 0 bridgehead atoms. The van der Waals surface area contributed by atoms with Crippen molar-refractivity contribution in [3.8, 4) is 0 Å². The zero-order valence-corrected chi connectivity index (χ0v) is 12.9. The molecule has 0 N–H and O–H groups in total. The van der Waals surface area contributed by atoms with Crippen LogP contribution < -0.4 is 0 Å². The van der Waals surface area contributed by atoms with Gasteiger partial charge in [-0.2, -0.15) is 0 Å². The predicted molar refractivity (Wildman–Crippen MR) is 78.6 cm³/mol. The first-order valence-electron chi connectivity index (χ1n) is 7.19. The molecule has 0 amide bonds. The summed E-state index contributed by atoms with van der Waals surface area (Å²) in [5.74, 6) is -0.237. The summed E-state index contributed by atoms with van der Waals surface area (Å²) >= 11 is 0. The standard InChI is InChI=1S/C14H22O3S.ClH/c15-13(11-7-3-1-4-8-11)18(17)14(16)12-9-5-2-6-10-12;/h11-12H,1-10H2;1H. The van der Waals surface area contributed by atoms with Crippen molar-refractivity contribution in [3.05, 3.63) is 0 Å². The van der Waals surface area contributed by atoms with E-state index in [1.807, 2.05) is 0 Å². The van der Waals surface area contributed by atoms with Crippen molar-refractivity contribution in [1.29, 1.82) is 0 Å².